The van der Waals surface area contributed by atoms with Gasteiger partial charge in [-0.1, -0.05) is 44.2 Å². The molecule has 3 nitrogen and oxygen atoms in total. The summed E-state index contributed by atoms with van der Waals surface area (Å²) in [6.45, 7) is 4.34. The second-order valence-corrected chi connectivity index (χ2v) is 5.79. The maximum Gasteiger partial charge on any atom is 0.224 e. The Morgan fingerprint density at radius 2 is 1.83 bits per heavy atom. The third kappa shape index (κ3) is 4.85. The highest BCUT2D eigenvalue weighted by molar-refractivity contribution is 5.91. The highest BCUT2D eigenvalue weighted by atomic mass is 16.5. The van der Waals surface area contributed by atoms with Crippen LogP contribution in [0.25, 0.3) is 0 Å². The van der Waals surface area contributed by atoms with Crippen molar-refractivity contribution in [1.82, 2.24) is 0 Å². The molecule has 0 aliphatic rings. The lowest BCUT2D eigenvalue weighted by Gasteiger charge is -2.15. The molecular weight excluding hydrogens is 286 g/mol. The lowest BCUT2D eigenvalue weighted by Crippen LogP contribution is -2.14. The zero-order valence-electron chi connectivity index (χ0n) is 14.1. The first-order valence-electron chi connectivity index (χ1n) is 8.15. The zero-order valence-corrected chi connectivity index (χ0v) is 14.1. The lowest BCUT2D eigenvalue weighted by molar-refractivity contribution is -0.116. The van der Waals surface area contributed by atoms with E-state index >= 15 is 0 Å². The molecule has 0 unspecified atom stereocenters. The second kappa shape index (κ2) is 8.37. The molecule has 0 bridgehead atoms. The van der Waals surface area contributed by atoms with E-state index in [0.29, 0.717) is 12.3 Å². The van der Waals surface area contributed by atoms with Crippen LogP contribution in [0.5, 0.6) is 5.75 Å². The Kier molecular flexibility index (Phi) is 6.21. The maximum absolute atomic E-state index is 12.2. The van der Waals surface area contributed by atoms with Crippen LogP contribution in [0, 0.1) is 0 Å². The molecule has 0 heterocycles. The summed E-state index contributed by atoms with van der Waals surface area (Å²) in [6.07, 6.45) is 2.25. The van der Waals surface area contributed by atoms with Crippen molar-refractivity contribution in [3.63, 3.8) is 0 Å². The van der Waals surface area contributed by atoms with Crippen LogP contribution in [-0.2, 0) is 11.2 Å². The molecule has 0 aliphatic heterocycles. The Morgan fingerprint density at radius 1 is 1.13 bits per heavy atom. The summed E-state index contributed by atoms with van der Waals surface area (Å²) >= 11 is 0. The first kappa shape index (κ1) is 17.1. The van der Waals surface area contributed by atoms with Crippen LogP contribution in [0.2, 0.25) is 0 Å². The molecule has 2 rings (SSSR count). The van der Waals surface area contributed by atoms with Crippen molar-refractivity contribution in [3.05, 3.63) is 59.7 Å². The normalized spacial score (nSPS) is 11.8. The van der Waals surface area contributed by atoms with Gasteiger partial charge in [0.15, 0.2) is 0 Å². The van der Waals surface area contributed by atoms with Crippen molar-refractivity contribution >= 4 is 11.6 Å². The highest BCUT2D eigenvalue weighted by Gasteiger charge is 2.11. The zero-order chi connectivity index (χ0) is 16.7. The van der Waals surface area contributed by atoms with E-state index in [9.17, 15) is 4.79 Å². The van der Waals surface area contributed by atoms with E-state index in [0.717, 1.165) is 29.8 Å². The summed E-state index contributed by atoms with van der Waals surface area (Å²) in [6, 6.07) is 15.9. The number of para-hydroxylation sites is 1. The first-order chi connectivity index (χ1) is 11.1. The largest absolute Gasteiger partial charge is 0.497 e. The average Bonchev–Trinajstić information content (AvgIpc) is 2.60. The summed E-state index contributed by atoms with van der Waals surface area (Å²) in [7, 11) is 1.65. The minimum atomic E-state index is 0.0524. The predicted molar refractivity (Wildman–Crippen MR) is 95.1 cm³/mol. The van der Waals surface area contributed by atoms with Gasteiger partial charge in [-0.3, -0.25) is 4.79 Å². The molecule has 0 saturated heterocycles. The van der Waals surface area contributed by atoms with E-state index in [1.807, 2.05) is 42.5 Å². The summed E-state index contributed by atoms with van der Waals surface area (Å²) in [4.78, 5) is 12.2. The van der Waals surface area contributed by atoms with Gasteiger partial charge in [-0.2, -0.15) is 0 Å². The number of aryl methyl sites for hydroxylation is 1. The van der Waals surface area contributed by atoms with Gasteiger partial charge in [-0.05, 0) is 48.1 Å². The molecule has 2 aromatic rings. The Labute approximate surface area is 138 Å². The van der Waals surface area contributed by atoms with Gasteiger partial charge in [0.25, 0.3) is 0 Å². The van der Waals surface area contributed by atoms with Gasteiger partial charge in [0.1, 0.15) is 5.75 Å². The highest BCUT2D eigenvalue weighted by Crippen LogP contribution is 2.26. The minimum Gasteiger partial charge on any atom is -0.497 e. The lowest BCUT2D eigenvalue weighted by atomic mass is 9.97. The molecule has 122 valence electrons. The van der Waals surface area contributed by atoms with Gasteiger partial charge in [0.2, 0.25) is 5.91 Å². The number of ether oxygens (including phenoxy) is 1. The standard InChI is InChI=1S/C20H25NO2/c1-4-15(2)18-7-5-6-8-19(18)21-20(22)14-11-16-9-12-17(23-3)13-10-16/h5-10,12-13,15H,4,11,14H2,1-3H3,(H,21,22)/t15-/m0/s1. The van der Waals surface area contributed by atoms with Crippen LogP contribution in [0.3, 0.4) is 0 Å². The van der Waals surface area contributed by atoms with Gasteiger partial charge in [0.05, 0.1) is 7.11 Å². The van der Waals surface area contributed by atoms with E-state index in [4.69, 9.17) is 4.74 Å². The molecule has 0 aromatic heterocycles. The number of hydrogen-bond acceptors (Lipinski definition) is 2. The van der Waals surface area contributed by atoms with Crippen molar-refractivity contribution in [2.24, 2.45) is 0 Å². The SMILES string of the molecule is CC[C@H](C)c1ccccc1NC(=O)CCc1ccc(OC)cc1. The number of benzene rings is 2. The molecule has 0 saturated carbocycles. The summed E-state index contributed by atoms with van der Waals surface area (Å²) in [5, 5.41) is 3.05. The van der Waals surface area contributed by atoms with Crippen molar-refractivity contribution < 1.29 is 9.53 Å². The second-order valence-electron chi connectivity index (χ2n) is 5.79. The van der Waals surface area contributed by atoms with Gasteiger partial charge in [-0.25, -0.2) is 0 Å². The van der Waals surface area contributed by atoms with E-state index in [-0.39, 0.29) is 5.91 Å². The Hall–Kier alpha value is -2.29. The average molecular weight is 311 g/mol. The van der Waals surface area contributed by atoms with Gasteiger partial charge < -0.3 is 10.1 Å². The molecule has 1 amide bonds. The maximum atomic E-state index is 12.2. The molecule has 1 N–H and O–H groups in total. The number of carbonyl (C=O) groups is 1. The van der Waals surface area contributed by atoms with Crippen molar-refractivity contribution in [2.45, 2.75) is 39.0 Å². The van der Waals surface area contributed by atoms with Crippen LogP contribution in [0.4, 0.5) is 5.69 Å². The molecular formula is C20H25NO2. The molecule has 0 spiro atoms. The smallest absolute Gasteiger partial charge is 0.224 e. The van der Waals surface area contributed by atoms with Crippen LogP contribution < -0.4 is 10.1 Å². The van der Waals surface area contributed by atoms with Crippen LogP contribution in [0.1, 0.15) is 43.7 Å². The minimum absolute atomic E-state index is 0.0524. The monoisotopic (exact) mass is 311 g/mol. The molecule has 2 aromatic carbocycles. The van der Waals surface area contributed by atoms with Crippen LogP contribution >= 0.6 is 0 Å². The first-order valence-corrected chi connectivity index (χ1v) is 8.15. The van der Waals surface area contributed by atoms with Crippen LogP contribution in [-0.4, -0.2) is 13.0 Å². The summed E-state index contributed by atoms with van der Waals surface area (Å²) in [5.74, 6) is 1.32. The molecule has 3 heteroatoms. The van der Waals surface area contributed by atoms with Gasteiger partial charge in [-0.15, -0.1) is 0 Å². The number of amides is 1. The molecule has 0 radical (unpaired) electrons. The van der Waals surface area contributed by atoms with Gasteiger partial charge >= 0.3 is 0 Å². The Bertz CT molecular complexity index is 634. The fourth-order valence-electron chi connectivity index (χ4n) is 2.52. The number of rotatable bonds is 7. The van der Waals surface area contributed by atoms with E-state index in [1.165, 1.54) is 5.56 Å². The molecule has 23 heavy (non-hydrogen) atoms. The van der Waals surface area contributed by atoms with Crippen molar-refractivity contribution in [2.75, 3.05) is 12.4 Å². The number of carbonyl (C=O) groups excluding carboxylic acids is 1. The van der Waals surface area contributed by atoms with E-state index in [2.05, 4.69) is 25.2 Å². The number of hydrogen-bond donors (Lipinski definition) is 1. The van der Waals surface area contributed by atoms with E-state index < -0.39 is 0 Å². The van der Waals surface area contributed by atoms with Gasteiger partial charge in [0, 0.05) is 12.1 Å². The third-order valence-electron chi connectivity index (χ3n) is 4.18. The quantitative estimate of drug-likeness (QED) is 0.799. The topological polar surface area (TPSA) is 38.3 Å². The fraction of sp³-hybridized carbons (Fsp3) is 0.350. The fourth-order valence-corrected chi connectivity index (χ4v) is 2.52. The van der Waals surface area contributed by atoms with Crippen molar-refractivity contribution in [1.29, 1.82) is 0 Å². The number of anilines is 1. The Balaban J connectivity index is 1.94. The van der Waals surface area contributed by atoms with E-state index in [1.54, 1.807) is 7.11 Å². The van der Waals surface area contributed by atoms with Crippen molar-refractivity contribution in [3.8, 4) is 5.75 Å². The number of nitrogens with one attached hydrogen (secondary N) is 1. The summed E-state index contributed by atoms with van der Waals surface area (Å²) < 4.78 is 5.14. The molecule has 0 aliphatic carbocycles. The summed E-state index contributed by atoms with van der Waals surface area (Å²) in [5.41, 5.74) is 3.27. The molecule has 0 fully saturated rings. The Morgan fingerprint density at radius 3 is 2.48 bits per heavy atom. The third-order valence-corrected chi connectivity index (χ3v) is 4.18. The van der Waals surface area contributed by atoms with Crippen LogP contribution in [0.15, 0.2) is 48.5 Å². The molecule has 1 atom stereocenters. The predicted octanol–water partition coefficient (Wildman–Crippen LogP) is 4.78. The number of methoxy groups -OCH3 is 1.